The van der Waals surface area contributed by atoms with Gasteiger partial charge in [0, 0.05) is 18.4 Å². The van der Waals surface area contributed by atoms with Crippen molar-refractivity contribution < 1.29 is 13.2 Å². The monoisotopic (exact) mass is 332 g/mol. The maximum Gasteiger partial charge on any atom is 0.266 e. The Balaban J connectivity index is 2.04. The van der Waals surface area contributed by atoms with Crippen molar-refractivity contribution in [2.45, 2.75) is 30.7 Å². The molecule has 0 amide bonds. The van der Waals surface area contributed by atoms with Gasteiger partial charge in [0.05, 0.1) is 12.8 Å². The van der Waals surface area contributed by atoms with Gasteiger partial charge in [0.25, 0.3) is 10.0 Å². The molecule has 1 fully saturated rings. The van der Waals surface area contributed by atoms with E-state index < -0.39 is 10.0 Å². The van der Waals surface area contributed by atoms with Gasteiger partial charge in [-0.1, -0.05) is 0 Å². The minimum absolute atomic E-state index is 0.0893. The average Bonchev–Trinajstić information content (AvgIpc) is 3.41. The van der Waals surface area contributed by atoms with Gasteiger partial charge in [-0.15, -0.1) is 0 Å². The summed E-state index contributed by atoms with van der Waals surface area (Å²) in [4.78, 5) is 4.16. The van der Waals surface area contributed by atoms with Crippen LogP contribution in [0.15, 0.2) is 53.7 Å². The maximum atomic E-state index is 13.1. The van der Waals surface area contributed by atoms with E-state index in [2.05, 4.69) is 4.98 Å². The number of pyridine rings is 1. The van der Waals surface area contributed by atoms with Crippen molar-refractivity contribution in [1.29, 1.82) is 0 Å². The first kappa shape index (κ1) is 15.8. The van der Waals surface area contributed by atoms with Gasteiger partial charge < -0.3 is 4.74 Å². The van der Waals surface area contributed by atoms with Gasteiger partial charge in [-0.2, -0.15) is 0 Å². The number of anilines is 1. The van der Waals surface area contributed by atoms with Gasteiger partial charge in [0.15, 0.2) is 0 Å². The highest BCUT2D eigenvalue weighted by Gasteiger charge is 2.38. The molecule has 1 saturated carbocycles. The first-order valence-electron chi connectivity index (χ1n) is 7.62. The van der Waals surface area contributed by atoms with Crippen LogP contribution < -0.4 is 9.04 Å². The minimum atomic E-state index is -3.65. The van der Waals surface area contributed by atoms with Crippen LogP contribution in [0.1, 0.15) is 19.8 Å². The van der Waals surface area contributed by atoms with E-state index in [-0.39, 0.29) is 10.9 Å². The first-order chi connectivity index (χ1) is 11.0. The molecule has 1 aliphatic carbocycles. The number of ether oxygens (including phenoxy) is 1. The summed E-state index contributed by atoms with van der Waals surface area (Å²) in [5.41, 5.74) is 0.647. The Hall–Kier alpha value is -2.08. The van der Waals surface area contributed by atoms with E-state index in [1.54, 1.807) is 49.7 Å². The standard InChI is InChI=1S/C17H20N2O3S/c1-13(14-5-6-14)19(15-7-9-16(22-2)10-8-15)23(20,21)17-4-3-11-18-12-17/h3-4,7-14H,5-6H2,1-2H3/t13-/m0/s1. The van der Waals surface area contributed by atoms with Crippen LogP contribution in [0.4, 0.5) is 5.69 Å². The zero-order valence-electron chi connectivity index (χ0n) is 13.2. The van der Waals surface area contributed by atoms with Crippen molar-refractivity contribution in [3.8, 4) is 5.75 Å². The van der Waals surface area contributed by atoms with E-state index in [0.717, 1.165) is 12.8 Å². The molecule has 5 nitrogen and oxygen atoms in total. The summed E-state index contributed by atoms with van der Waals surface area (Å²) in [6.07, 6.45) is 5.10. The second-order valence-electron chi connectivity index (χ2n) is 5.77. The topological polar surface area (TPSA) is 59.5 Å². The molecule has 1 aromatic heterocycles. The van der Waals surface area contributed by atoms with Gasteiger partial charge in [-0.3, -0.25) is 9.29 Å². The number of nitrogens with zero attached hydrogens (tertiary/aromatic N) is 2. The van der Waals surface area contributed by atoms with Gasteiger partial charge in [0.2, 0.25) is 0 Å². The Labute approximate surface area is 137 Å². The molecule has 0 saturated heterocycles. The van der Waals surface area contributed by atoms with Gasteiger partial charge >= 0.3 is 0 Å². The molecule has 122 valence electrons. The lowest BCUT2D eigenvalue weighted by molar-refractivity contribution is 0.415. The molecule has 23 heavy (non-hydrogen) atoms. The number of rotatable bonds is 6. The second-order valence-corrected chi connectivity index (χ2v) is 7.58. The smallest absolute Gasteiger partial charge is 0.266 e. The number of benzene rings is 1. The second kappa shape index (κ2) is 6.20. The predicted molar refractivity (Wildman–Crippen MR) is 89.1 cm³/mol. The molecule has 1 atom stereocenters. The average molecular weight is 332 g/mol. The summed E-state index contributed by atoms with van der Waals surface area (Å²) in [5.74, 6) is 1.11. The third-order valence-corrected chi connectivity index (χ3v) is 6.09. The molecule has 3 rings (SSSR count). The van der Waals surface area contributed by atoms with E-state index >= 15 is 0 Å². The Bertz CT molecular complexity index is 756. The fourth-order valence-corrected chi connectivity index (χ4v) is 4.39. The van der Waals surface area contributed by atoms with Crippen LogP contribution >= 0.6 is 0 Å². The largest absolute Gasteiger partial charge is 0.497 e. The van der Waals surface area contributed by atoms with Gasteiger partial charge in [-0.25, -0.2) is 8.42 Å². The SMILES string of the molecule is COc1ccc(N([C@@H](C)C2CC2)S(=O)(=O)c2cccnc2)cc1. The van der Waals surface area contributed by atoms with Crippen molar-refractivity contribution in [2.24, 2.45) is 5.92 Å². The summed E-state index contributed by atoms with van der Waals surface area (Å²) in [5, 5.41) is 0. The summed E-state index contributed by atoms with van der Waals surface area (Å²) in [6.45, 7) is 1.97. The number of hydrogen-bond acceptors (Lipinski definition) is 4. The molecule has 0 unspecified atom stereocenters. The Kier molecular flexibility index (Phi) is 4.26. The minimum Gasteiger partial charge on any atom is -0.497 e. The number of sulfonamides is 1. The van der Waals surface area contributed by atoms with Crippen LogP contribution in [-0.2, 0) is 10.0 Å². The van der Waals surface area contributed by atoms with E-state index in [1.807, 2.05) is 6.92 Å². The molecule has 0 spiro atoms. The fraction of sp³-hybridized carbons (Fsp3) is 0.353. The zero-order chi connectivity index (χ0) is 16.4. The number of hydrogen-bond donors (Lipinski definition) is 0. The molecule has 0 N–H and O–H groups in total. The van der Waals surface area contributed by atoms with Crippen molar-refractivity contribution in [1.82, 2.24) is 4.98 Å². The Morgan fingerprint density at radius 1 is 1.22 bits per heavy atom. The molecule has 6 heteroatoms. The molecule has 1 aliphatic rings. The van der Waals surface area contributed by atoms with Crippen LogP contribution in [0, 0.1) is 5.92 Å². The Morgan fingerprint density at radius 2 is 1.91 bits per heavy atom. The quantitative estimate of drug-likeness (QED) is 0.815. The van der Waals surface area contributed by atoms with E-state index in [0.29, 0.717) is 17.4 Å². The third kappa shape index (κ3) is 3.17. The lowest BCUT2D eigenvalue weighted by atomic mass is 10.2. The van der Waals surface area contributed by atoms with Crippen LogP contribution in [0.3, 0.4) is 0 Å². The van der Waals surface area contributed by atoms with Crippen LogP contribution in [0.25, 0.3) is 0 Å². The lowest BCUT2D eigenvalue weighted by Crippen LogP contribution is -2.40. The fourth-order valence-electron chi connectivity index (χ4n) is 2.71. The van der Waals surface area contributed by atoms with Crippen molar-refractivity contribution in [3.63, 3.8) is 0 Å². The zero-order valence-corrected chi connectivity index (χ0v) is 14.0. The van der Waals surface area contributed by atoms with Gasteiger partial charge in [0.1, 0.15) is 10.6 Å². The van der Waals surface area contributed by atoms with Crippen molar-refractivity contribution >= 4 is 15.7 Å². The number of methoxy groups -OCH3 is 1. The van der Waals surface area contributed by atoms with Crippen LogP contribution in [0.5, 0.6) is 5.75 Å². The van der Waals surface area contributed by atoms with Crippen molar-refractivity contribution in [2.75, 3.05) is 11.4 Å². The van der Waals surface area contributed by atoms with Crippen molar-refractivity contribution in [3.05, 3.63) is 48.8 Å². The highest BCUT2D eigenvalue weighted by atomic mass is 32.2. The maximum absolute atomic E-state index is 13.1. The number of aromatic nitrogens is 1. The van der Waals surface area contributed by atoms with E-state index in [4.69, 9.17) is 4.74 Å². The lowest BCUT2D eigenvalue weighted by Gasteiger charge is -2.30. The molecule has 1 aromatic carbocycles. The van der Waals surface area contributed by atoms with Gasteiger partial charge in [-0.05, 0) is 62.1 Å². The normalized spacial score (nSPS) is 15.9. The van der Waals surface area contributed by atoms with Crippen LogP contribution in [0.2, 0.25) is 0 Å². The molecule has 0 aliphatic heterocycles. The molecule has 0 radical (unpaired) electrons. The summed E-state index contributed by atoms with van der Waals surface area (Å²) >= 11 is 0. The summed E-state index contributed by atoms with van der Waals surface area (Å²) in [7, 11) is -2.06. The molecule has 0 bridgehead atoms. The summed E-state index contributed by atoms with van der Waals surface area (Å²) in [6, 6.07) is 10.3. The predicted octanol–water partition coefficient (Wildman–Crippen LogP) is 3.08. The summed E-state index contributed by atoms with van der Waals surface area (Å²) < 4.78 is 32.9. The highest BCUT2D eigenvalue weighted by molar-refractivity contribution is 7.92. The van der Waals surface area contributed by atoms with Crippen LogP contribution in [-0.4, -0.2) is 26.6 Å². The molecular weight excluding hydrogens is 312 g/mol. The molecule has 1 heterocycles. The highest BCUT2D eigenvalue weighted by Crippen LogP contribution is 2.39. The molecular formula is C17H20N2O3S. The third-order valence-electron chi connectivity index (χ3n) is 4.19. The first-order valence-corrected chi connectivity index (χ1v) is 9.06. The Morgan fingerprint density at radius 3 is 2.43 bits per heavy atom. The van der Waals surface area contributed by atoms with E-state index in [1.165, 1.54) is 10.5 Å². The van der Waals surface area contributed by atoms with E-state index in [9.17, 15) is 8.42 Å². The molecule has 2 aromatic rings.